The number of hydrogen-bond acceptors (Lipinski definition) is 2. The molecule has 1 atom stereocenters. The van der Waals surface area contributed by atoms with E-state index < -0.39 is 0 Å². The molecule has 5 rings (SSSR count). The summed E-state index contributed by atoms with van der Waals surface area (Å²) in [7, 11) is 0. The first-order valence-corrected chi connectivity index (χ1v) is 8.41. The van der Waals surface area contributed by atoms with Gasteiger partial charge in [0.05, 0.1) is 11.7 Å². The van der Waals surface area contributed by atoms with Gasteiger partial charge in [0.1, 0.15) is 5.82 Å². The van der Waals surface area contributed by atoms with Crippen molar-refractivity contribution >= 4 is 5.82 Å². The highest BCUT2D eigenvalue weighted by atomic mass is 15.3. The van der Waals surface area contributed by atoms with E-state index in [1.807, 2.05) is 13.0 Å². The molecule has 0 aromatic carbocycles. The number of hydrogen-bond donors (Lipinski definition) is 1. The second kappa shape index (κ2) is 4.51. The molecule has 0 spiro atoms. The molecule has 4 fully saturated rings. The maximum absolute atomic E-state index is 6.09. The first-order valence-electron chi connectivity index (χ1n) is 8.41. The maximum atomic E-state index is 6.09. The van der Waals surface area contributed by atoms with Gasteiger partial charge in [0.2, 0.25) is 0 Å². The fourth-order valence-corrected chi connectivity index (χ4v) is 5.81. The lowest BCUT2D eigenvalue weighted by atomic mass is 9.51. The van der Waals surface area contributed by atoms with Crippen LogP contribution in [-0.2, 0) is 0 Å². The monoisotopic (exact) mass is 273 g/mol. The van der Waals surface area contributed by atoms with Gasteiger partial charge >= 0.3 is 0 Å². The van der Waals surface area contributed by atoms with Crippen molar-refractivity contribution in [2.75, 3.05) is 5.73 Å². The summed E-state index contributed by atoms with van der Waals surface area (Å²) in [5, 5.41) is 4.58. The van der Waals surface area contributed by atoms with E-state index in [4.69, 9.17) is 5.73 Å². The van der Waals surface area contributed by atoms with Crippen LogP contribution in [0.4, 0.5) is 5.82 Å². The van der Waals surface area contributed by atoms with Crippen LogP contribution in [0.15, 0.2) is 6.07 Å². The van der Waals surface area contributed by atoms with E-state index in [9.17, 15) is 0 Å². The van der Waals surface area contributed by atoms with Crippen LogP contribution in [0, 0.1) is 36.5 Å². The second-order valence-electron chi connectivity index (χ2n) is 7.83. The molecule has 4 aliphatic carbocycles. The molecule has 3 nitrogen and oxygen atoms in total. The van der Waals surface area contributed by atoms with Gasteiger partial charge in [-0.05, 0) is 82.0 Å². The number of anilines is 1. The van der Waals surface area contributed by atoms with Gasteiger partial charge in [-0.1, -0.05) is 0 Å². The first-order chi connectivity index (χ1) is 9.60. The normalized spacial score (nSPS) is 40.2. The van der Waals surface area contributed by atoms with Crippen molar-refractivity contribution in [2.45, 2.75) is 58.4 Å². The number of aryl methyl sites for hydroxylation is 1. The second-order valence-corrected chi connectivity index (χ2v) is 7.83. The molecule has 0 amide bonds. The predicted octanol–water partition coefficient (Wildman–Crippen LogP) is 3.80. The molecular weight excluding hydrogens is 246 g/mol. The Bertz CT molecular complexity index is 476. The minimum Gasteiger partial charge on any atom is -0.384 e. The SMILES string of the molecule is Cc1cc(N)n(C(C)CC2C3CC4CC(C3)CC2C4)n1. The summed E-state index contributed by atoms with van der Waals surface area (Å²) >= 11 is 0. The van der Waals surface area contributed by atoms with Gasteiger partial charge in [0, 0.05) is 6.07 Å². The number of aromatic nitrogens is 2. The predicted molar refractivity (Wildman–Crippen MR) is 81.2 cm³/mol. The quantitative estimate of drug-likeness (QED) is 0.910. The zero-order valence-corrected chi connectivity index (χ0v) is 12.8. The van der Waals surface area contributed by atoms with E-state index in [1.165, 1.54) is 32.1 Å². The summed E-state index contributed by atoms with van der Waals surface area (Å²) in [4.78, 5) is 0. The van der Waals surface area contributed by atoms with Crippen molar-refractivity contribution in [3.63, 3.8) is 0 Å². The number of rotatable bonds is 3. The largest absolute Gasteiger partial charge is 0.384 e. The Labute approximate surface area is 121 Å². The Balaban J connectivity index is 1.50. The highest BCUT2D eigenvalue weighted by Crippen LogP contribution is 2.58. The van der Waals surface area contributed by atoms with E-state index in [-0.39, 0.29) is 0 Å². The van der Waals surface area contributed by atoms with Crippen molar-refractivity contribution in [1.29, 1.82) is 0 Å². The highest BCUT2D eigenvalue weighted by Gasteiger charge is 2.48. The molecule has 4 aliphatic rings. The fraction of sp³-hybridized carbons (Fsp3) is 0.824. The smallest absolute Gasteiger partial charge is 0.122 e. The van der Waals surface area contributed by atoms with Crippen molar-refractivity contribution in [1.82, 2.24) is 9.78 Å². The van der Waals surface area contributed by atoms with Crippen LogP contribution in [0.3, 0.4) is 0 Å². The number of nitrogens with two attached hydrogens (primary N) is 1. The van der Waals surface area contributed by atoms with Crippen LogP contribution < -0.4 is 5.73 Å². The summed E-state index contributed by atoms with van der Waals surface area (Å²) in [6, 6.07) is 2.44. The molecule has 1 unspecified atom stereocenters. The molecule has 1 heterocycles. The lowest BCUT2D eigenvalue weighted by Gasteiger charge is -2.55. The van der Waals surface area contributed by atoms with Crippen LogP contribution in [0.1, 0.15) is 57.2 Å². The average molecular weight is 273 g/mol. The van der Waals surface area contributed by atoms with E-state index in [0.29, 0.717) is 6.04 Å². The molecule has 110 valence electrons. The molecule has 1 aromatic heterocycles. The van der Waals surface area contributed by atoms with Crippen LogP contribution in [0.5, 0.6) is 0 Å². The minimum atomic E-state index is 0.450. The molecule has 0 aliphatic heterocycles. The minimum absolute atomic E-state index is 0.450. The first kappa shape index (κ1) is 12.7. The molecule has 4 bridgehead atoms. The van der Waals surface area contributed by atoms with Gasteiger partial charge in [-0.2, -0.15) is 5.10 Å². The van der Waals surface area contributed by atoms with Gasteiger partial charge in [0.15, 0.2) is 0 Å². The Morgan fingerprint density at radius 3 is 2.30 bits per heavy atom. The molecule has 0 radical (unpaired) electrons. The third-order valence-electron chi connectivity index (χ3n) is 6.34. The van der Waals surface area contributed by atoms with Gasteiger partial charge in [-0.3, -0.25) is 0 Å². The Hall–Kier alpha value is -0.990. The standard InChI is InChI=1S/C17H27N3/c1-10-3-17(18)20(19-10)11(2)4-16-14-6-12-5-13(8-14)9-15(16)7-12/h3,11-16H,4-9,18H2,1-2H3. The van der Waals surface area contributed by atoms with Crippen LogP contribution in [0.25, 0.3) is 0 Å². The summed E-state index contributed by atoms with van der Waals surface area (Å²) in [6.07, 6.45) is 8.87. The Kier molecular flexibility index (Phi) is 2.87. The van der Waals surface area contributed by atoms with Crippen molar-refractivity contribution in [2.24, 2.45) is 29.6 Å². The topological polar surface area (TPSA) is 43.8 Å². The summed E-state index contributed by atoms with van der Waals surface area (Å²) in [6.45, 7) is 4.33. The summed E-state index contributed by atoms with van der Waals surface area (Å²) < 4.78 is 2.06. The van der Waals surface area contributed by atoms with Crippen LogP contribution in [-0.4, -0.2) is 9.78 Å². The zero-order chi connectivity index (χ0) is 13.9. The van der Waals surface area contributed by atoms with Gasteiger partial charge in [0.25, 0.3) is 0 Å². The van der Waals surface area contributed by atoms with Crippen molar-refractivity contribution in [3.8, 4) is 0 Å². The van der Waals surface area contributed by atoms with E-state index >= 15 is 0 Å². The van der Waals surface area contributed by atoms with E-state index in [0.717, 1.165) is 41.1 Å². The number of nitrogen functional groups attached to an aromatic ring is 1. The van der Waals surface area contributed by atoms with Crippen molar-refractivity contribution < 1.29 is 0 Å². The zero-order valence-electron chi connectivity index (χ0n) is 12.8. The molecule has 20 heavy (non-hydrogen) atoms. The summed E-state index contributed by atoms with van der Waals surface area (Å²) in [5.41, 5.74) is 7.13. The molecule has 1 aromatic rings. The lowest BCUT2D eigenvalue weighted by Crippen LogP contribution is -2.45. The summed E-state index contributed by atoms with van der Waals surface area (Å²) in [5.74, 6) is 5.92. The average Bonchev–Trinajstić information content (AvgIpc) is 2.72. The van der Waals surface area contributed by atoms with Crippen LogP contribution in [0.2, 0.25) is 0 Å². The fourth-order valence-electron chi connectivity index (χ4n) is 5.81. The van der Waals surface area contributed by atoms with Gasteiger partial charge < -0.3 is 5.73 Å². The van der Waals surface area contributed by atoms with Gasteiger partial charge in [-0.25, -0.2) is 4.68 Å². The molecule has 4 saturated carbocycles. The van der Waals surface area contributed by atoms with E-state index in [2.05, 4.69) is 16.7 Å². The Morgan fingerprint density at radius 1 is 1.20 bits per heavy atom. The highest BCUT2D eigenvalue weighted by molar-refractivity contribution is 5.30. The molecule has 3 heteroatoms. The van der Waals surface area contributed by atoms with E-state index in [1.54, 1.807) is 6.42 Å². The molecule has 0 saturated heterocycles. The third-order valence-corrected chi connectivity index (χ3v) is 6.34. The Morgan fingerprint density at radius 2 is 1.80 bits per heavy atom. The maximum Gasteiger partial charge on any atom is 0.122 e. The third kappa shape index (κ3) is 1.97. The van der Waals surface area contributed by atoms with Crippen LogP contribution >= 0.6 is 0 Å². The molecular formula is C17H27N3. The van der Waals surface area contributed by atoms with Crippen molar-refractivity contribution in [3.05, 3.63) is 11.8 Å². The molecule has 2 N–H and O–H groups in total. The lowest BCUT2D eigenvalue weighted by molar-refractivity contribution is -0.0444. The number of nitrogens with zero attached hydrogens (tertiary/aromatic N) is 2. The van der Waals surface area contributed by atoms with Gasteiger partial charge in [-0.15, -0.1) is 0 Å².